The molecule has 0 bridgehead atoms. The van der Waals surface area contributed by atoms with Gasteiger partial charge in [0.2, 0.25) is 0 Å². The van der Waals surface area contributed by atoms with Crippen molar-refractivity contribution in [2.75, 3.05) is 6.54 Å². The zero-order valence-electron chi connectivity index (χ0n) is 10.7. The van der Waals surface area contributed by atoms with Crippen molar-refractivity contribution in [1.29, 1.82) is 10.5 Å². The molecule has 1 rings (SSSR count). The number of hydrogen-bond acceptors (Lipinski definition) is 3. The van der Waals surface area contributed by atoms with E-state index in [1.807, 2.05) is 41.3 Å². The van der Waals surface area contributed by atoms with E-state index >= 15 is 0 Å². The Bertz CT molecular complexity index is 542. The third-order valence-corrected chi connectivity index (χ3v) is 2.38. The topological polar surface area (TPSA) is 50.8 Å². The summed E-state index contributed by atoms with van der Waals surface area (Å²) in [7, 11) is 0. The Labute approximate surface area is 114 Å². The Morgan fingerprint density at radius 1 is 1.26 bits per heavy atom. The molecule has 3 heteroatoms. The first-order valence-corrected chi connectivity index (χ1v) is 5.87. The molecule has 1 aromatic rings. The van der Waals surface area contributed by atoms with Crippen molar-refractivity contribution in [3.8, 4) is 12.1 Å². The Morgan fingerprint density at radius 2 is 2.00 bits per heavy atom. The van der Waals surface area contributed by atoms with Gasteiger partial charge in [-0.1, -0.05) is 36.4 Å². The fourth-order valence-electron chi connectivity index (χ4n) is 1.58. The summed E-state index contributed by atoms with van der Waals surface area (Å²) < 4.78 is 0. The van der Waals surface area contributed by atoms with E-state index in [1.165, 1.54) is 12.2 Å². The number of rotatable bonds is 6. The molecule has 94 valence electrons. The normalized spacial score (nSPS) is 10.7. The molecule has 0 aromatic heterocycles. The Balaban J connectivity index is 2.86. The molecule has 0 aliphatic heterocycles. The van der Waals surface area contributed by atoms with Gasteiger partial charge in [0.25, 0.3) is 0 Å². The molecule has 0 unspecified atom stereocenters. The minimum Gasteiger partial charge on any atom is -0.368 e. The quantitative estimate of drug-likeness (QED) is 0.442. The van der Waals surface area contributed by atoms with Gasteiger partial charge in [-0.3, -0.25) is 0 Å². The maximum absolute atomic E-state index is 9.00. The van der Waals surface area contributed by atoms with Crippen molar-refractivity contribution < 1.29 is 0 Å². The van der Waals surface area contributed by atoms with Crippen molar-refractivity contribution in [3.05, 3.63) is 72.5 Å². The summed E-state index contributed by atoms with van der Waals surface area (Å²) in [5.74, 6) is 0. The van der Waals surface area contributed by atoms with Crippen LogP contribution in [0.5, 0.6) is 0 Å². The lowest BCUT2D eigenvalue weighted by Gasteiger charge is -2.18. The minimum absolute atomic E-state index is 0.444. The van der Waals surface area contributed by atoms with Crippen LogP contribution in [-0.4, -0.2) is 11.4 Å². The van der Waals surface area contributed by atoms with Gasteiger partial charge in [-0.2, -0.15) is 10.5 Å². The molecule has 3 nitrogen and oxygen atoms in total. The zero-order valence-corrected chi connectivity index (χ0v) is 10.7. The summed E-state index contributed by atoms with van der Waals surface area (Å²) in [4.78, 5) is 1.97. The molecule has 0 aliphatic rings. The van der Waals surface area contributed by atoms with Crippen LogP contribution < -0.4 is 0 Å². The van der Waals surface area contributed by atoms with Gasteiger partial charge in [0, 0.05) is 25.4 Å². The van der Waals surface area contributed by atoms with Crippen molar-refractivity contribution in [1.82, 2.24) is 4.90 Å². The first-order valence-electron chi connectivity index (χ1n) is 5.87. The van der Waals surface area contributed by atoms with Crippen LogP contribution in [0.4, 0.5) is 0 Å². The molecular weight excluding hydrogens is 234 g/mol. The number of allylic oxidation sites excluding steroid dienone is 3. The van der Waals surface area contributed by atoms with Gasteiger partial charge < -0.3 is 4.90 Å². The van der Waals surface area contributed by atoms with Gasteiger partial charge in [-0.15, -0.1) is 6.58 Å². The van der Waals surface area contributed by atoms with Gasteiger partial charge in [0.05, 0.1) is 11.6 Å². The van der Waals surface area contributed by atoms with Gasteiger partial charge >= 0.3 is 0 Å². The summed E-state index contributed by atoms with van der Waals surface area (Å²) in [6, 6.07) is 13.9. The van der Waals surface area contributed by atoms with Crippen LogP contribution >= 0.6 is 0 Å². The molecule has 19 heavy (non-hydrogen) atoms. The summed E-state index contributed by atoms with van der Waals surface area (Å²) in [5.41, 5.74) is 1.60. The highest BCUT2D eigenvalue weighted by molar-refractivity contribution is 5.34. The maximum atomic E-state index is 9.00. The van der Waals surface area contributed by atoms with Gasteiger partial charge in [-0.05, 0) is 11.6 Å². The maximum Gasteiger partial charge on any atom is 0.101 e. The predicted octanol–water partition coefficient (Wildman–Crippen LogP) is 3.16. The van der Waals surface area contributed by atoms with Crippen LogP contribution in [-0.2, 0) is 6.54 Å². The molecule has 0 saturated heterocycles. The largest absolute Gasteiger partial charge is 0.368 e. The first kappa shape index (κ1) is 14.3. The van der Waals surface area contributed by atoms with Crippen molar-refractivity contribution in [2.45, 2.75) is 6.54 Å². The molecule has 0 aliphatic carbocycles. The average molecular weight is 249 g/mol. The van der Waals surface area contributed by atoms with E-state index in [1.54, 1.807) is 12.3 Å². The van der Waals surface area contributed by atoms with E-state index in [0.717, 1.165) is 5.56 Å². The Hall–Kier alpha value is -2.78. The third-order valence-electron chi connectivity index (χ3n) is 2.38. The number of hydrogen-bond donors (Lipinski definition) is 0. The fraction of sp³-hybridized carbons (Fsp3) is 0.125. The fourth-order valence-corrected chi connectivity index (χ4v) is 1.58. The lowest BCUT2D eigenvalue weighted by atomic mass is 10.2. The smallest absolute Gasteiger partial charge is 0.101 e. The third kappa shape index (κ3) is 5.39. The van der Waals surface area contributed by atoms with E-state index < -0.39 is 0 Å². The first-order chi connectivity index (χ1) is 9.30. The number of nitriles is 2. The van der Waals surface area contributed by atoms with Crippen molar-refractivity contribution >= 4 is 0 Å². The lowest BCUT2D eigenvalue weighted by molar-refractivity contribution is 0.408. The SMILES string of the molecule is C=CCN(/C=C(C#N)\C=C\C#N)Cc1ccccc1. The highest BCUT2D eigenvalue weighted by atomic mass is 15.1. The molecule has 0 amide bonds. The van der Waals surface area contributed by atoms with E-state index in [9.17, 15) is 0 Å². The summed E-state index contributed by atoms with van der Waals surface area (Å²) in [6.45, 7) is 5.05. The van der Waals surface area contributed by atoms with Crippen LogP contribution in [0.3, 0.4) is 0 Å². The van der Waals surface area contributed by atoms with E-state index in [4.69, 9.17) is 10.5 Å². The molecule has 0 N–H and O–H groups in total. The highest BCUT2D eigenvalue weighted by Gasteiger charge is 2.01. The highest BCUT2D eigenvalue weighted by Crippen LogP contribution is 2.07. The lowest BCUT2D eigenvalue weighted by Crippen LogP contribution is -2.17. The Kier molecular flexibility index (Phi) is 6.26. The Morgan fingerprint density at radius 3 is 2.58 bits per heavy atom. The van der Waals surface area contributed by atoms with Crippen molar-refractivity contribution in [3.63, 3.8) is 0 Å². The van der Waals surface area contributed by atoms with Crippen LogP contribution in [0, 0.1) is 22.7 Å². The zero-order chi connectivity index (χ0) is 13.9. The van der Waals surface area contributed by atoms with Gasteiger partial charge in [0.15, 0.2) is 0 Å². The minimum atomic E-state index is 0.444. The molecule has 0 saturated carbocycles. The molecule has 0 atom stereocenters. The van der Waals surface area contributed by atoms with E-state index in [2.05, 4.69) is 12.6 Å². The number of benzene rings is 1. The second-order valence-corrected chi connectivity index (χ2v) is 3.86. The van der Waals surface area contributed by atoms with E-state index in [-0.39, 0.29) is 0 Å². The van der Waals surface area contributed by atoms with Crippen LogP contribution in [0.25, 0.3) is 0 Å². The molecular formula is C16H15N3. The molecule has 0 heterocycles. The van der Waals surface area contributed by atoms with Crippen LogP contribution in [0.15, 0.2) is 66.9 Å². The van der Waals surface area contributed by atoms with Gasteiger partial charge in [-0.25, -0.2) is 0 Å². The second-order valence-electron chi connectivity index (χ2n) is 3.86. The van der Waals surface area contributed by atoms with E-state index in [0.29, 0.717) is 18.7 Å². The van der Waals surface area contributed by atoms with Crippen LogP contribution in [0.2, 0.25) is 0 Å². The standard InChI is InChI=1S/C16H15N3/c1-2-11-19(13-15-7-4-3-5-8-15)14-16(12-18)9-6-10-17/h2-9,14H,1,11,13H2/b9-6+,16-14+. The average Bonchev–Trinajstić information content (AvgIpc) is 2.44. The predicted molar refractivity (Wildman–Crippen MR) is 75.5 cm³/mol. The summed E-state index contributed by atoms with van der Waals surface area (Å²) in [6.07, 6.45) is 6.32. The second kappa shape index (κ2) is 8.33. The summed E-state index contributed by atoms with van der Waals surface area (Å²) in [5, 5.41) is 17.5. The number of nitrogens with zero attached hydrogens (tertiary/aromatic N) is 3. The monoisotopic (exact) mass is 249 g/mol. The van der Waals surface area contributed by atoms with Crippen molar-refractivity contribution in [2.24, 2.45) is 0 Å². The molecule has 1 aromatic carbocycles. The van der Waals surface area contributed by atoms with Crippen LogP contribution in [0.1, 0.15) is 5.56 Å². The summed E-state index contributed by atoms with van der Waals surface area (Å²) >= 11 is 0. The molecule has 0 fully saturated rings. The molecule has 0 radical (unpaired) electrons. The molecule has 0 spiro atoms. The van der Waals surface area contributed by atoms with Gasteiger partial charge in [0.1, 0.15) is 6.07 Å².